The minimum atomic E-state index is -0.935. The third kappa shape index (κ3) is 9.83. The van der Waals surface area contributed by atoms with Crippen molar-refractivity contribution in [3.05, 3.63) is 101 Å². The second-order valence-electron chi connectivity index (χ2n) is 10.6. The quantitative estimate of drug-likeness (QED) is 0.265. The van der Waals surface area contributed by atoms with Crippen LogP contribution in [0, 0.1) is 13.8 Å². The first-order valence-electron chi connectivity index (χ1n) is 14.2. The van der Waals surface area contributed by atoms with E-state index in [-0.39, 0.29) is 25.0 Å². The summed E-state index contributed by atoms with van der Waals surface area (Å²) in [6.45, 7) is 3.72. The number of aliphatic hydroxyl groups excluding tert-OH is 1. The Morgan fingerprint density at radius 1 is 0.902 bits per heavy atom. The number of rotatable bonds is 13. The van der Waals surface area contributed by atoms with Crippen molar-refractivity contribution < 1.29 is 24.2 Å². The molecule has 0 spiro atoms. The van der Waals surface area contributed by atoms with Crippen LogP contribution in [0.5, 0.6) is 5.75 Å². The number of nitrogens with one attached hydrogen (secondary N) is 2. The van der Waals surface area contributed by atoms with Crippen LogP contribution in [0.25, 0.3) is 0 Å². The van der Waals surface area contributed by atoms with Crippen LogP contribution in [-0.4, -0.2) is 59.5 Å². The number of benzene rings is 3. The maximum atomic E-state index is 13.1. The molecule has 1 aliphatic rings. The fraction of sp³-hybridized carbons (Fsp3) is 0.394. The number of alkyl carbamates (subject to hydrolysis) is 1. The first-order valence-corrected chi connectivity index (χ1v) is 15.3. The van der Waals surface area contributed by atoms with Gasteiger partial charge in [-0.3, -0.25) is 4.79 Å². The lowest BCUT2D eigenvalue weighted by Gasteiger charge is -2.28. The predicted molar refractivity (Wildman–Crippen MR) is 163 cm³/mol. The molecule has 0 bridgehead atoms. The molecule has 4 rings (SSSR count). The SMILES string of the molecule is Cc1cccc(C)c1OCC(=O)N[C@@H](Cc1ccccc1)[C@@H](O)C[C@H](Cc1ccccc1)NC(=O)O[C@H]1CCSC1. The molecule has 1 heterocycles. The van der Waals surface area contributed by atoms with Crippen molar-refractivity contribution in [2.45, 2.75) is 63.8 Å². The van der Waals surface area contributed by atoms with Crippen molar-refractivity contribution in [2.75, 3.05) is 18.1 Å². The Balaban J connectivity index is 1.45. The van der Waals surface area contributed by atoms with Gasteiger partial charge in [-0.2, -0.15) is 11.8 Å². The first kappa shape index (κ1) is 30.5. The molecule has 0 aromatic heterocycles. The molecule has 3 aromatic carbocycles. The molecule has 1 fully saturated rings. The number of hydrogen-bond donors (Lipinski definition) is 3. The number of para-hydroxylation sites is 1. The summed E-state index contributed by atoms with van der Waals surface area (Å²) in [5, 5.41) is 17.5. The van der Waals surface area contributed by atoms with Crippen LogP contribution < -0.4 is 15.4 Å². The fourth-order valence-electron chi connectivity index (χ4n) is 5.07. The van der Waals surface area contributed by atoms with Gasteiger partial charge in [0, 0.05) is 11.8 Å². The molecule has 8 heteroatoms. The highest BCUT2D eigenvalue weighted by atomic mass is 32.2. The van der Waals surface area contributed by atoms with Gasteiger partial charge in [-0.15, -0.1) is 0 Å². The third-order valence-electron chi connectivity index (χ3n) is 7.20. The van der Waals surface area contributed by atoms with Crippen molar-refractivity contribution in [1.82, 2.24) is 10.6 Å². The average Bonchev–Trinajstić information content (AvgIpc) is 3.46. The summed E-state index contributed by atoms with van der Waals surface area (Å²) in [7, 11) is 0. The molecular formula is C33H40N2O5S. The smallest absolute Gasteiger partial charge is 0.407 e. The molecule has 3 N–H and O–H groups in total. The standard InChI is InChI=1S/C33H40N2O5S/c1-23-10-9-11-24(2)32(23)39-21-31(37)35-29(19-26-14-7-4-8-15-26)30(36)20-27(18-25-12-5-3-6-13-25)34-33(38)40-28-16-17-41-22-28/h3-15,27-30,36H,16-22H2,1-2H3,(H,34,38)(H,35,37)/t27-,28-,29-,30-/m0/s1. The Bertz CT molecular complexity index is 1230. The van der Waals surface area contributed by atoms with E-state index < -0.39 is 24.3 Å². The molecule has 4 atom stereocenters. The van der Waals surface area contributed by atoms with E-state index in [2.05, 4.69) is 10.6 Å². The minimum absolute atomic E-state index is 0.0932. The summed E-state index contributed by atoms with van der Waals surface area (Å²) in [5.74, 6) is 2.15. The number of aryl methyl sites for hydroxylation is 2. The molecule has 218 valence electrons. The van der Waals surface area contributed by atoms with Gasteiger partial charge in [0.2, 0.25) is 0 Å². The number of hydrogen-bond acceptors (Lipinski definition) is 6. The maximum Gasteiger partial charge on any atom is 0.407 e. The number of amides is 2. The number of carbonyl (C=O) groups is 2. The van der Waals surface area contributed by atoms with Gasteiger partial charge in [-0.05, 0) is 67.5 Å². The van der Waals surface area contributed by atoms with Crippen LogP contribution in [0.15, 0.2) is 78.9 Å². The molecule has 41 heavy (non-hydrogen) atoms. The molecule has 2 amide bonds. The van der Waals surface area contributed by atoms with Crippen LogP contribution in [0.1, 0.15) is 35.1 Å². The zero-order chi connectivity index (χ0) is 29.0. The van der Waals surface area contributed by atoms with Gasteiger partial charge < -0.3 is 25.2 Å². The van der Waals surface area contributed by atoms with E-state index in [0.717, 1.165) is 40.2 Å². The summed E-state index contributed by atoms with van der Waals surface area (Å²) >= 11 is 1.78. The van der Waals surface area contributed by atoms with Crippen LogP contribution in [0.4, 0.5) is 4.79 Å². The molecular weight excluding hydrogens is 536 g/mol. The summed E-state index contributed by atoms with van der Waals surface area (Å²) in [6, 6.07) is 24.4. The molecule has 3 aromatic rings. The Hall–Kier alpha value is -3.49. The topological polar surface area (TPSA) is 96.9 Å². The van der Waals surface area contributed by atoms with Crippen LogP contribution in [0.2, 0.25) is 0 Å². The highest BCUT2D eigenvalue weighted by molar-refractivity contribution is 7.99. The van der Waals surface area contributed by atoms with E-state index in [1.54, 1.807) is 11.8 Å². The molecule has 1 aliphatic heterocycles. The number of ether oxygens (including phenoxy) is 2. The summed E-state index contributed by atoms with van der Waals surface area (Å²) < 4.78 is 11.5. The Labute approximate surface area is 247 Å². The highest BCUT2D eigenvalue weighted by Gasteiger charge is 2.28. The highest BCUT2D eigenvalue weighted by Crippen LogP contribution is 2.23. The van der Waals surface area contributed by atoms with Gasteiger partial charge in [0.25, 0.3) is 5.91 Å². The zero-order valence-electron chi connectivity index (χ0n) is 23.8. The van der Waals surface area contributed by atoms with E-state index in [0.29, 0.717) is 18.6 Å². The Kier molecular flexibility index (Phi) is 11.5. The second kappa shape index (κ2) is 15.5. The largest absolute Gasteiger partial charge is 0.483 e. The van der Waals surface area contributed by atoms with Crippen molar-refractivity contribution in [3.8, 4) is 5.75 Å². The first-order chi connectivity index (χ1) is 19.9. The molecule has 0 saturated carbocycles. The maximum absolute atomic E-state index is 13.1. The number of thioether (sulfide) groups is 1. The van der Waals surface area contributed by atoms with Crippen molar-refractivity contribution >= 4 is 23.8 Å². The summed E-state index contributed by atoms with van der Waals surface area (Å²) in [5.41, 5.74) is 3.93. The number of aliphatic hydroxyl groups is 1. The second-order valence-corrected chi connectivity index (χ2v) is 11.7. The van der Waals surface area contributed by atoms with Gasteiger partial charge in [-0.25, -0.2) is 4.79 Å². The van der Waals surface area contributed by atoms with Crippen LogP contribution in [0.3, 0.4) is 0 Å². The third-order valence-corrected chi connectivity index (χ3v) is 8.33. The lowest BCUT2D eigenvalue weighted by atomic mass is 9.93. The predicted octanol–water partition coefficient (Wildman–Crippen LogP) is 5.00. The Morgan fingerprint density at radius 2 is 1.54 bits per heavy atom. The van der Waals surface area contributed by atoms with Crippen molar-refractivity contribution in [3.63, 3.8) is 0 Å². The summed E-state index contributed by atoms with van der Waals surface area (Å²) in [6.07, 6.45) is 0.529. The normalized spacial score (nSPS) is 16.8. The van der Waals surface area contributed by atoms with Crippen molar-refractivity contribution in [2.24, 2.45) is 0 Å². The lowest BCUT2D eigenvalue weighted by Crippen LogP contribution is -2.50. The number of carbonyl (C=O) groups excluding carboxylic acids is 2. The molecule has 0 aliphatic carbocycles. The van der Waals surface area contributed by atoms with Gasteiger partial charge >= 0.3 is 6.09 Å². The average molecular weight is 577 g/mol. The lowest BCUT2D eigenvalue weighted by molar-refractivity contribution is -0.124. The van der Waals surface area contributed by atoms with Gasteiger partial charge in [0.05, 0.1) is 12.1 Å². The fourth-order valence-corrected chi connectivity index (χ4v) is 6.16. The van der Waals surface area contributed by atoms with Crippen LogP contribution in [-0.2, 0) is 22.4 Å². The van der Waals surface area contributed by atoms with E-state index in [1.807, 2.05) is 92.7 Å². The van der Waals surface area contributed by atoms with Crippen molar-refractivity contribution in [1.29, 1.82) is 0 Å². The van der Waals surface area contributed by atoms with E-state index in [1.165, 1.54) is 0 Å². The molecule has 1 saturated heterocycles. The van der Waals surface area contributed by atoms with E-state index in [4.69, 9.17) is 9.47 Å². The van der Waals surface area contributed by atoms with Gasteiger partial charge in [-0.1, -0.05) is 78.9 Å². The van der Waals surface area contributed by atoms with Gasteiger partial charge in [0.1, 0.15) is 11.9 Å². The van der Waals surface area contributed by atoms with E-state index in [9.17, 15) is 14.7 Å². The zero-order valence-corrected chi connectivity index (χ0v) is 24.6. The Morgan fingerprint density at radius 3 is 2.15 bits per heavy atom. The molecule has 7 nitrogen and oxygen atoms in total. The van der Waals surface area contributed by atoms with Crippen LogP contribution >= 0.6 is 11.8 Å². The van der Waals surface area contributed by atoms with Gasteiger partial charge in [0.15, 0.2) is 6.61 Å². The monoisotopic (exact) mass is 576 g/mol. The van der Waals surface area contributed by atoms with E-state index >= 15 is 0 Å². The minimum Gasteiger partial charge on any atom is -0.483 e. The summed E-state index contributed by atoms with van der Waals surface area (Å²) in [4.78, 5) is 25.8. The molecule has 0 unspecified atom stereocenters. The molecule has 0 radical (unpaired) electrons.